The number of hydrogen-bond acceptors (Lipinski definition) is 11. The lowest BCUT2D eigenvalue weighted by Gasteiger charge is -2.09. The third-order valence-corrected chi connectivity index (χ3v) is 6.26. The Bertz CT molecular complexity index is 552. The summed E-state index contributed by atoms with van der Waals surface area (Å²) in [6.45, 7) is 15.3. The molecule has 11 nitrogen and oxygen atoms in total. The number of ether oxygens (including phenoxy) is 10. The molecule has 0 aromatic heterocycles. The van der Waals surface area contributed by atoms with Gasteiger partial charge in [-0.1, -0.05) is 58.3 Å². The summed E-state index contributed by atoms with van der Waals surface area (Å²) in [4.78, 5) is 11.8. The van der Waals surface area contributed by atoms with Crippen LogP contribution in [0.4, 0.5) is 0 Å². The van der Waals surface area contributed by atoms with E-state index in [-0.39, 0.29) is 12.1 Å². The van der Waals surface area contributed by atoms with Crippen LogP contribution in [0.2, 0.25) is 0 Å². The third kappa shape index (κ3) is 39.1. The summed E-state index contributed by atoms with van der Waals surface area (Å²) >= 11 is 0. The molecule has 0 aliphatic rings. The number of rotatable bonds is 38. The average molecular weight is 639 g/mol. The highest BCUT2D eigenvalue weighted by Gasteiger charge is 2.03. The van der Waals surface area contributed by atoms with Crippen LogP contribution in [0.5, 0.6) is 0 Å². The van der Waals surface area contributed by atoms with E-state index in [1.807, 2.05) is 13.8 Å². The van der Waals surface area contributed by atoms with Crippen LogP contribution in [0.15, 0.2) is 0 Å². The van der Waals surface area contributed by atoms with Gasteiger partial charge in [-0.05, 0) is 20.3 Å². The fourth-order valence-corrected chi connectivity index (χ4v) is 3.85. The lowest BCUT2D eigenvalue weighted by molar-refractivity contribution is -0.145. The molecule has 0 N–H and O–H groups in total. The molecule has 0 amide bonds. The summed E-state index contributed by atoms with van der Waals surface area (Å²) < 4.78 is 54.2. The van der Waals surface area contributed by atoms with E-state index in [1.165, 1.54) is 44.9 Å². The molecule has 0 radical (unpaired) electrons. The quantitative estimate of drug-likeness (QED) is 0.0673. The molecule has 0 fully saturated rings. The molecule has 0 aromatic rings. The van der Waals surface area contributed by atoms with Crippen LogP contribution in [0, 0.1) is 0 Å². The third-order valence-electron chi connectivity index (χ3n) is 6.26. The molecule has 11 heteroatoms. The molecule has 0 spiro atoms. The predicted molar refractivity (Wildman–Crippen MR) is 170 cm³/mol. The monoisotopic (exact) mass is 638 g/mol. The Hall–Kier alpha value is -0.890. The minimum Gasteiger partial charge on any atom is -0.463 e. The van der Waals surface area contributed by atoms with Crippen LogP contribution >= 0.6 is 0 Å². The highest BCUT2D eigenvalue weighted by molar-refractivity contribution is 5.69. The SMILES string of the molecule is CCCCCCCCCCCC(=O)OCCOCCOCCOCCOCCOCCOCCOCCOCCOC(C)C. The van der Waals surface area contributed by atoms with Crippen LogP contribution in [-0.2, 0) is 52.2 Å². The van der Waals surface area contributed by atoms with Crippen molar-refractivity contribution in [2.75, 3.05) is 119 Å². The maximum absolute atomic E-state index is 11.8. The van der Waals surface area contributed by atoms with Crippen LogP contribution in [0.1, 0.15) is 85.0 Å². The Morgan fingerprint density at radius 2 is 0.705 bits per heavy atom. The molecule has 0 rings (SSSR count). The van der Waals surface area contributed by atoms with Crippen molar-refractivity contribution in [3.05, 3.63) is 0 Å². The zero-order valence-electron chi connectivity index (χ0n) is 28.4. The fourth-order valence-electron chi connectivity index (χ4n) is 3.85. The van der Waals surface area contributed by atoms with Gasteiger partial charge in [0.05, 0.1) is 118 Å². The van der Waals surface area contributed by atoms with E-state index in [1.54, 1.807) is 0 Å². The minimum atomic E-state index is -0.133. The molecule has 44 heavy (non-hydrogen) atoms. The van der Waals surface area contributed by atoms with E-state index in [9.17, 15) is 4.79 Å². The van der Waals surface area contributed by atoms with Gasteiger partial charge in [0.15, 0.2) is 0 Å². The first kappa shape index (κ1) is 43.1. The van der Waals surface area contributed by atoms with E-state index in [0.29, 0.717) is 125 Å². The van der Waals surface area contributed by atoms with E-state index < -0.39 is 0 Å². The van der Waals surface area contributed by atoms with Crippen molar-refractivity contribution in [2.24, 2.45) is 0 Å². The Kier molecular flexibility index (Phi) is 37.5. The topological polar surface area (TPSA) is 109 Å². The second kappa shape index (κ2) is 38.3. The molecule has 0 bridgehead atoms. The summed E-state index contributed by atoms with van der Waals surface area (Å²) in [6, 6.07) is 0. The Labute approximate surface area is 268 Å². The van der Waals surface area contributed by atoms with Gasteiger partial charge in [-0.15, -0.1) is 0 Å². The van der Waals surface area contributed by atoms with Crippen LogP contribution in [0.3, 0.4) is 0 Å². The normalized spacial score (nSPS) is 11.5. The molecule has 0 saturated heterocycles. The van der Waals surface area contributed by atoms with E-state index in [2.05, 4.69) is 6.92 Å². The van der Waals surface area contributed by atoms with Gasteiger partial charge in [0, 0.05) is 6.42 Å². The molecule has 0 unspecified atom stereocenters. The van der Waals surface area contributed by atoms with Crippen LogP contribution in [0.25, 0.3) is 0 Å². The van der Waals surface area contributed by atoms with Crippen molar-refractivity contribution in [1.82, 2.24) is 0 Å². The van der Waals surface area contributed by atoms with Gasteiger partial charge >= 0.3 is 5.97 Å². The van der Waals surface area contributed by atoms with Crippen molar-refractivity contribution in [3.8, 4) is 0 Å². The predicted octanol–water partition coefficient (Wildman–Crippen LogP) is 5.01. The van der Waals surface area contributed by atoms with Crippen molar-refractivity contribution in [2.45, 2.75) is 91.1 Å². The first-order valence-electron chi connectivity index (χ1n) is 17.1. The molecule has 264 valence electrons. The smallest absolute Gasteiger partial charge is 0.305 e. The van der Waals surface area contributed by atoms with Gasteiger partial charge in [0.2, 0.25) is 0 Å². The Morgan fingerprint density at radius 3 is 1.05 bits per heavy atom. The van der Waals surface area contributed by atoms with Crippen molar-refractivity contribution in [1.29, 1.82) is 0 Å². The fraction of sp³-hybridized carbons (Fsp3) is 0.970. The summed E-state index contributed by atoms with van der Waals surface area (Å²) in [6.07, 6.45) is 11.9. The summed E-state index contributed by atoms with van der Waals surface area (Å²) in [7, 11) is 0. The van der Waals surface area contributed by atoms with Gasteiger partial charge in [0.25, 0.3) is 0 Å². The van der Waals surface area contributed by atoms with Crippen LogP contribution < -0.4 is 0 Å². The Balaban J connectivity index is 3.11. The zero-order valence-corrected chi connectivity index (χ0v) is 28.4. The molecular formula is C33H66O11. The average Bonchev–Trinajstić information content (AvgIpc) is 3.01. The molecule has 0 atom stereocenters. The number of carbonyl (C=O) groups is 1. The molecule has 0 saturated carbocycles. The first-order valence-corrected chi connectivity index (χ1v) is 17.1. The van der Waals surface area contributed by atoms with E-state index >= 15 is 0 Å². The number of esters is 1. The van der Waals surface area contributed by atoms with Crippen molar-refractivity contribution < 1.29 is 52.2 Å². The van der Waals surface area contributed by atoms with E-state index in [4.69, 9.17) is 47.4 Å². The molecule has 0 aromatic carbocycles. The highest BCUT2D eigenvalue weighted by Crippen LogP contribution is 2.10. The van der Waals surface area contributed by atoms with Gasteiger partial charge in [0.1, 0.15) is 6.61 Å². The zero-order chi connectivity index (χ0) is 32.0. The second-order valence-electron chi connectivity index (χ2n) is 10.6. The first-order chi connectivity index (χ1) is 21.7. The maximum atomic E-state index is 11.8. The van der Waals surface area contributed by atoms with E-state index in [0.717, 1.165) is 12.8 Å². The number of unbranched alkanes of at least 4 members (excludes halogenated alkanes) is 8. The molecule has 0 aliphatic carbocycles. The van der Waals surface area contributed by atoms with Crippen molar-refractivity contribution >= 4 is 5.97 Å². The molecule has 0 heterocycles. The largest absolute Gasteiger partial charge is 0.463 e. The maximum Gasteiger partial charge on any atom is 0.305 e. The van der Waals surface area contributed by atoms with Gasteiger partial charge in [-0.2, -0.15) is 0 Å². The summed E-state index contributed by atoms with van der Waals surface area (Å²) in [5.74, 6) is -0.133. The van der Waals surface area contributed by atoms with Crippen molar-refractivity contribution in [3.63, 3.8) is 0 Å². The second-order valence-corrected chi connectivity index (χ2v) is 10.6. The lowest BCUT2D eigenvalue weighted by Crippen LogP contribution is -2.15. The number of hydrogen-bond donors (Lipinski definition) is 0. The van der Waals surface area contributed by atoms with Gasteiger partial charge in [-0.25, -0.2) is 0 Å². The van der Waals surface area contributed by atoms with Gasteiger partial charge < -0.3 is 47.4 Å². The molecule has 0 aliphatic heterocycles. The summed E-state index contributed by atoms with van der Waals surface area (Å²) in [5, 5.41) is 0. The summed E-state index contributed by atoms with van der Waals surface area (Å²) in [5.41, 5.74) is 0. The van der Waals surface area contributed by atoms with Crippen LogP contribution in [-0.4, -0.2) is 131 Å². The standard InChI is InChI=1S/C33H66O11/c1-4-5-6-7-8-9-10-11-12-13-33(34)44-31-29-42-27-25-40-23-21-38-19-17-36-15-14-35-16-18-37-20-22-39-24-26-41-28-30-43-32(2)3/h32H,4-31H2,1-3H3. The van der Waals surface area contributed by atoms with Gasteiger partial charge in [-0.3, -0.25) is 4.79 Å². The highest BCUT2D eigenvalue weighted by atomic mass is 16.6. The minimum absolute atomic E-state index is 0.133. The Morgan fingerprint density at radius 1 is 0.409 bits per heavy atom. The number of carbonyl (C=O) groups excluding carboxylic acids is 1. The molecular weight excluding hydrogens is 572 g/mol. The lowest BCUT2D eigenvalue weighted by atomic mass is 10.1.